The molecule has 0 saturated carbocycles. The normalized spacial score (nSPS) is 18.0. The van der Waals surface area contributed by atoms with Gasteiger partial charge in [0.15, 0.2) is 11.5 Å². The van der Waals surface area contributed by atoms with Crippen LogP contribution in [0.15, 0.2) is 77.4 Å². The number of nitriles is 1. The summed E-state index contributed by atoms with van der Waals surface area (Å²) in [5.41, 5.74) is 6.89. The lowest BCUT2D eigenvalue weighted by atomic mass is 9.98. The van der Waals surface area contributed by atoms with E-state index in [1.54, 1.807) is 39.8 Å². The zero-order chi connectivity index (χ0) is 30.8. The number of nitrogens with zero attached hydrogens (tertiary/aromatic N) is 7. The number of hydrogen-bond donors (Lipinski definition) is 1. The number of carbonyl (C=O) groups excluding carboxylic acids is 1. The van der Waals surface area contributed by atoms with Crippen LogP contribution in [0.4, 0.5) is 5.82 Å². The summed E-state index contributed by atoms with van der Waals surface area (Å²) in [6, 6.07) is 18.3. The second-order valence-electron chi connectivity index (χ2n) is 11.4. The molecular weight excluding hydrogens is 560 g/mol. The third kappa shape index (κ3) is 5.55. The van der Waals surface area contributed by atoms with E-state index in [-0.39, 0.29) is 35.6 Å². The number of imidazole rings is 1. The molecule has 2 N–H and O–H groups in total. The van der Waals surface area contributed by atoms with Gasteiger partial charge in [0, 0.05) is 31.7 Å². The number of nitrogen functional groups attached to an aromatic ring is 1. The smallest absolute Gasteiger partial charge is 0.335 e. The average Bonchev–Trinajstić information content (AvgIpc) is 3.64. The van der Waals surface area contributed by atoms with Crippen LogP contribution in [-0.4, -0.2) is 79.7 Å². The molecule has 0 bridgehead atoms. The van der Waals surface area contributed by atoms with E-state index in [0.717, 1.165) is 13.1 Å². The molecule has 2 saturated heterocycles. The molecule has 0 radical (unpaired) electrons. The Morgan fingerprint density at radius 3 is 2.48 bits per heavy atom. The number of likely N-dealkylation sites (tertiary alicyclic amines) is 1. The number of ether oxygens (including phenoxy) is 2. The van der Waals surface area contributed by atoms with E-state index in [9.17, 15) is 14.9 Å². The minimum absolute atomic E-state index is 0.0845. The third-order valence-corrected chi connectivity index (χ3v) is 8.24. The number of para-hydroxylation sites is 1. The summed E-state index contributed by atoms with van der Waals surface area (Å²) < 4.78 is 14.4. The Balaban J connectivity index is 1.28. The van der Waals surface area contributed by atoms with E-state index >= 15 is 0 Å². The topological polar surface area (TPSA) is 145 Å². The van der Waals surface area contributed by atoms with Gasteiger partial charge < -0.3 is 20.1 Å². The van der Waals surface area contributed by atoms with Gasteiger partial charge in [0.1, 0.15) is 35.0 Å². The highest BCUT2D eigenvalue weighted by molar-refractivity contribution is 5.97. The summed E-state index contributed by atoms with van der Waals surface area (Å²) in [6.45, 7) is 7.31. The fourth-order valence-corrected chi connectivity index (χ4v) is 5.96. The molecule has 226 valence electrons. The second-order valence-corrected chi connectivity index (χ2v) is 11.4. The molecule has 1 amide bonds. The number of carbonyl (C=O) groups is 1. The molecule has 2 aliphatic rings. The monoisotopic (exact) mass is 594 g/mol. The molecule has 2 fully saturated rings. The second kappa shape index (κ2) is 11.9. The number of aromatic nitrogens is 4. The van der Waals surface area contributed by atoms with Crippen LogP contribution in [0.1, 0.15) is 26.3 Å². The first-order valence-corrected chi connectivity index (χ1v) is 14.6. The molecule has 2 aromatic heterocycles. The molecule has 44 heavy (non-hydrogen) atoms. The summed E-state index contributed by atoms with van der Waals surface area (Å²) in [7, 11) is 0. The minimum Gasteiger partial charge on any atom is -0.457 e. The van der Waals surface area contributed by atoms with E-state index in [2.05, 4.69) is 20.9 Å². The average molecular weight is 595 g/mol. The van der Waals surface area contributed by atoms with Gasteiger partial charge in [-0.3, -0.25) is 18.8 Å². The number of morpholine rings is 1. The van der Waals surface area contributed by atoms with E-state index < -0.39 is 5.54 Å². The Hall–Kier alpha value is -4.99. The lowest BCUT2D eigenvalue weighted by Crippen LogP contribution is -2.49. The summed E-state index contributed by atoms with van der Waals surface area (Å²) >= 11 is 0. The standard InChI is InChI=1S/C32H34N8O4/c1-32(2,38-14-16-43-17-15-38)18-22(19-33)30(41)37-13-12-24(20-37)40-29-27(28(34)35-21-36-29)39(31(40)42)23-8-10-26(11-9-23)44-25-6-4-3-5-7-25/h3-11,18,21,24H,12-17,20H2,1-2H3,(H2,34,35,36)/b22-18+. The Labute approximate surface area is 254 Å². The van der Waals surface area contributed by atoms with Crippen LogP contribution in [-0.2, 0) is 9.53 Å². The summed E-state index contributed by atoms with van der Waals surface area (Å²) in [5, 5.41) is 9.94. The van der Waals surface area contributed by atoms with Crippen molar-refractivity contribution >= 4 is 22.9 Å². The van der Waals surface area contributed by atoms with Gasteiger partial charge >= 0.3 is 5.69 Å². The fourth-order valence-electron chi connectivity index (χ4n) is 5.96. The van der Waals surface area contributed by atoms with E-state index in [1.165, 1.54) is 10.9 Å². The first-order valence-electron chi connectivity index (χ1n) is 14.6. The molecule has 6 rings (SSSR count). The zero-order valence-corrected chi connectivity index (χ0v) is 24.7. The summed E-state index contributed by atoms with van der Waals surface area (Å²) in [5.74, 6) is 1.13. The lowest BCUT2D eigenvalue weighted by Gasteiger charge is -2.39. The molecule has 0 aliphatic carbocycles. The van der Waals surface area contributed by atoms with E-state index in [0.29, 0.717) is 54.5 Å². The highest BCUT2D eigenvalue weighted by Gasteiger charge is 2.35. The number of amides is 1. The van der Waals surface area contributed by atoms with Crippen LogP contribution in [0.3, 0.4) is 0 Å². The number of rotatable bonds is 7. The maximum atomic E-state index is 14.0. The van der Waals surface area contributed by atoms with Crippen molar-refractivity contribution in [2.75, 3.05) is 45.1 Å². The molecule has 1 atom stereocenters. The highest BCUT2D eigenvalue weighted by Crippen LogP contribution is 2.30. The molecule has 2 aromatic carbocycles. The van der Waals surface area contributed by atoms with Gasteiger partial charge in [-0.2, -0.15) is 5.26 Å². The van der Waals surface area contributed by atoms with Gasteiger partial charge in [0.2, 0.25) is 0 Å². The Morgan fingerprint density at radius 1 is 1.07 bits per heavy atom. The first-order chi connectivity index (χ1) is 21.3. The van der Waals surface area contributed by atoms with Crippen molar-refractivity contribution in [2.45, 2.75) is 31.8 Å². The summed E-state index contributed by atoms with van der Waals surface area (Å²) in [6.07, 6.45) is 3.59. The van der Waals surface area contributed by atoms with Crippen molar-refractivity contribution in [3.05, 3.63) is 83.1 Å². The molecule has 4 aromatic rings. The first kappa shape index (κ1) is 29.1. The van der Waals surface area contributed by atoms with Crippen LogP contribution < -0.4 is 16.2 Å². The van der Waals surface area contributed by atoms with Gasteiger partial charge in [0.05, 0.1) is 24.9 Å². The van der Waals surface area contributed by atoms with Crippen molar-refractivity contribution in [3.8, 4) is 23.3 Å². The van der Waals surface area contributed by atoms with Crippen LogP contribution in [0, 0.1) is 11.3 Å². The van der Waals surface area contributed by atoms with Gasteiger partial charge in [0.25, 0.3) is 5.91 Å². The van der Waals surface area contributed by atoms with Gasteiger partial charge in [-0.25, -0.2) is 14.8 Å². The zero-order valence-electron chi connectivity index (χ0n) is 24.7. The predicted molar refractivity (Wildman–Crippen MR) is 164 cm³/mol. The van der Waals surface area contributed by atoms with E-state index in [1.807, 2.05) is 44.2 Å². The Kier molecular flexibility index (Phi) is 7.90. The lowest BCUT2D eigenvalue weighted by molar-refractivity contribution is -0.125. The molecule has 0 spiro atoms. The fraction of sp³-hybridized carbons (Fsp3) is 0.344. The van der Waals surface area contributed by atoms with Gasteiger partial charge in [-0.1, -0.05) is 18.2 Å². The maximum Gasteiger partial charge on any atom is 0.335 e. The van der Waals surface area contributed by atoms with Crippen molar-refractivity contribution < 1.29 is 14.3 Å². The number of anilines is 1. The molecule has 2 aliphatic heterocycles. The largest absolute Gasteiger partial charge is 0.457 e. The van der Waals surface area contributed by atoms with Gasteiger partial charge in [-0.05, 0) is 62.7 Å². The molecule has 12 nitrogen and oxygen atoms in total. The van der Waals surface area contributed by atoms with Crippen LogP contribution >= 0.6 is 0 Å². The number of benzene rings is 2. The third-order valence-electron chi connectivity index (χ3n) is 8.24. The quantitative estimate of drug-likeness (QED) is 0.252. The van der Waals surface area contributed by atoms with Crippen molar-refractivity contribution in [3.63, 3.8) is 0 Å². The molecule has 12 heteroatoms. The number of hydrogen-bond acceptors (Lipinski definition) is 9. The number of fused-ring (bicyclic) bond motifs is 1. The van der Waals surface area contributed by atoms with Crippen LogP contribution in [0.5, 0.6) is 11.5 Å². The van der Waals surface area contributed by atoms with Crippen molar-refractivity contribution in [2.24, 2.45) is 0 Å². The van der Waals surface area contributed by atoms with E-state index in [4.69, 9.17) is 15.2 Å². The maximum absolute atomic E-state index is 14.0. The summed E-state index contributed by atoms with van der Waals surface area (Å²) in [4.78, 5) is 40.0. The number of nitrogens with two attached hydrogens (primary N) is 1. The molecule has 1 unspecified atom stereocenters. The highest BCUT2D eigenvalue weighted by atomic mass is 16.5. The van der Waals surface area contributed by atoms with Crippen molar-refractivity contribution in [1.82, 2.24) is 28.9 Å². The predicted octanol–water partition coefficient (Wildman–Crippen LogP) is 3.29. The van der Waals surface area contributed by atoms with Gasteiger partial charge in [-0.15, -0.1) is 0 Å². The van der Waals surface area contributed by atoms with Crippen LogP contribution in [0.2, 0.25) is 0 Å². The molecular formula is C32H34N8O4. The minimum atomic E-state index is -0.496. The Morgan fingerprint density at radius 2 is 1.77 bits per heavy atom. The van der Waals surface area contributed by atoms with Crippen molar-refractivity contribution in [1.29, 1.82) is 5.26 Å². The Bertz CT molecular complexity index is 1800. The molecule has 4 heterocycles. The van der Waals surface area contributed by atoms with Crippen LogP contribution in [0.25, 0.3) is 16.9 Å². The SMILES string of the molecule is CC(C)(/C=C(\C#N)C(=O)N1CCC(n2c(=O)n(-c3ccc(Oc4ccccc4)cc3)c3c(N)ncnc32)C1)N1CCOCC1.